The van der Waals surface area contributed by atoms with Crippen molar-refractivity contribution in [2.75, 3.05) is 55.4 Å². The summed E-state index contributed by atoms with van der Waals surface area (Å²) in [6.45, 7) is 6.34. The zero-order chi connectivity index (χ0) is 20.2. The zero-order valence-corrected chi connectivity index (χ0v) is 17.3. The highest BCUT2D eigenvalue weighted by Gasteiger charge is 2.14. The monoisotopic (exact) mass is 388 g/mol. The lowest BCUT2D eigenvalue weighted by atomic mass is 10.2. The van der Waals surface area contributed by atoms with Crippen molar-refractivity contribution in [2.45, 2.75) is 6.92 Å². The molecule has 4 rings (SSSR count). The highest BCUT2D eigenvalue weighted by Crippen LogP contribution is 2.25. The number of nitrogens with one attached hydrogen (secondary N) is 1. The van der Waals surface area contributed by atoms with Crippen LogP contribution >= 0.6 is 0 Å². The summed E-state index contributed by atoms with van der Waals surface area (Å²) in [4.78, 5) is 16.1. The van der Waals surface area contributed by atoms with Crippen molar-refractivity contribution in [3.63, 3.8) is 0 Å². The smallest absolute Gasteiger partial charge is 0.229 e. The molecule has 0 aliphatic carbocycles. The number of para-hydroxylation sites is 1. The molecule has 3 aromatic rings. The fourth-order valence-corrected chi connectivity index (χ4v) is 3.51. The SMILES string of the molecule is Cc1cc(N(C)c2ccccc2)nc(Nc2ccc(N3CCN(C)CC3)cc2)n1. The molecular formula is C23H28N6. The van der Waals surface area contributed by atoms with Gasteiger partial charge in [-0.15, -0.1) is 0 Å². The molecule has 0 unspecified atom stereocenters. The first kappa shape index (κ1) is 19.2. The molecule has 6 nitrogen and oxygen atoms in total. The van der Waals surface area contributed by atoms with Gasteiger partial charge in [0.1, 0.15) is 5.82 Å². The predicted molar refractivity (Wildman–Crippen MR) is 121 cm³/mol. The second-order valence-electron chi connectivity index (χ2n) is 7.55. The maximum atomic E-state index is 4.71. The molecule has 2 aromatic carbocycles. The first-order valence-electron chi connectivity index (χ1n) is 10.0. The summed E-state index contributed by atoms with van der Waals surface area (Å²) in [6.07, 6.45) is 0. The van der Waals surface area contributed by atoms with Crippen LogP contribution in [0.25, 0.3) is 0 Å². The third-order valence-electron chi connectivity index (χ3n) is 5.32. The Morgan fingerprint density at radius 2 is 1.59 bits per heavy atom. The van der Waals surface area contributed by atoms with E-state index in [1.807, 2.05) is 38.2 Å². The Balaban J connectivity index is 1.48. The maximum absolute atomic E-state index is 4.71. The number of anilines is 5. The third kappa shape index (κ3) is 4.66. The Morgan fingerprint density at radius 1 is 0.897 bits per heavy atom. The van der Waals surface area contributed by atoms with Crippen molar-refractivity contribution >= 4 is 28.8 Å². The topological polar surface area (TPSA) is 47.5 Å². The average Bonchev–Trinajstić information content (AvgIpc) is 2.75. The van der Waals surface area contributed by atoms with Crippen LogP contribution in [0.4, 0.5) is 28.8 Å². The van der Waals surface area contributed by atoms with E-state index in [4.69, 9.17) is 4.98 Å². The van der Waals surface area contributed by atoms with E-state index in [9.17, 15) is 0 Å². The summed E-state index contributed by atoms with van der Waals surface area (Å²) in [5.41, 5.74) is 4.27. The maximum Gasteiger partial charge on any atom is 0.229 e. The van der Waals surface area contributed by atoms with Gasteiger partial charge in [0.05, 0.1) is 0 Å². The van der Waals surface area contributed by atoms with Crippen molar-refractivity contribution in [1.82, 2.24) is 14.9 Å². The van der Waals surface area contributed by atoms with E-state index < -0.39 is 0 Å². The number of rotatable bonds is 5. The number of piperazine rings is 1. The second-order valence-corrected chi connectivity index (χ2v) is 7.55. The molecule has 1 fully saturated rings. The van der Waals surface area contributed by atoms with Crippen LogP contribution in [-0.2, 0) is 0 Å². The summed E-state index contributed by atoms with van der Waals surface area (Å²) in [5.74, 6) is 1.47. The molecule has 0 saturated carbocycles. The number of hydrogen-bond donors (Lipinski definition) is 1. The minimum atomic E-state index is 0.607. The summed E-state index contributed by atoms with van der Waals surface area (Å²) < 4.78 is 0. The molecule has 0 atom stereocenters. The van der Waals surface area contributed by atoms with E-state index in [1.165, 1.54) is 5.69 Å². The van der Waals surface area contributed by atoms with Crippen LogP contribution in [0.1, 0.15) is 5.69 Å². The van der Waals surface area contributed by atoms with Crippen molar-refractivity contribution in [3.8, 4) is 0 Å². The number of benzene rings is 2. The Bertz CT molecular complexity index is 933. The lowest BCUT2D eigenvalue weighted by Gasteiger charge is -2.34. The first-order valence-corrected chi connectivity index (χ1v) is 10.0. The van der Waals surface area contributed by atoms with E-state index in [0.717, 1.165) is 49.1 Å². The lowest BCUT2D eigenvalue weighted by Crippen LogP contribution is -2.44. The van der Waals surface area contributed by atoms with Gasteiger partial charge in [-0.05, 0) is 50.4 Å². The fraction of sp³-hybridized carbons (Fsp3) is 0.304. The van der Waals surface area contributed by atoms with Gasteiger partial charge < -0.3 is 20.0 Å². The minimum absolute atomic E-state index is 0.607. The number of likely N-dealkylation sites (N-methyl/N-ethyl adjacent to an activating group) is 1. The number of nitrogens with zero attached hydrogens (tertiary/aromatic N) is 5. The molecule has 0 amide bonds. The minimum Gasteiger partial charge on any atom is -0.369 e. The van der Waals surface area contributed by atoms with Crippen molar-refractivity contribution in [1.29, 1.82) is 0 Å². The molecular weight excluding hydrogens is 360 g/mol. The molecule has 1 aliphatic rings. The Morgan fingerprint density at radius 3 is 2.28 bits per heavy atom. The van der Waals surface area contributed by atoms with Gasteiger partial charge in [-0.2, -0.15) is 4.98 Å². The van der Waals surface area contributed by atoms with Crippen molar-refractivity contribution < 1.29 is 0 Å². The molecule has 1 N–H and O–H groups in total. The van der Waals surface area contributed by atoms with Gasteiger partial charge in [0, 0.05) is 62.0 Å². The first-order chi connectivity index (χ1) is 14.1. The highest BCUT2D eigenvalue weighted by molar-refractivity contribution is 5.63. The van der Waals surface area contributed by atoms with E-state index >= 15 is 0 Å². The molecule has 1 aliphatic heterocycles. The van der Waals surface area contributed by atoms with E-state index in [1.54, 1.807) is 0 Å². The number of aryl methyl sites for hydroxylation is 1. The second kappa shape index (κ2) is 8.49. The van der Waals surface area contributed by atoms with Crippen LogP contribution in [0.15, 0.2) is 60.7 Å². The van der Waals surface area contributed by atoms with Crippen LogP contribution in [0, 0.1) is 6.92 Å². The Labute approximate surface area is 172 Å². The summed E-state index contributed by atoms with van der Waals surface area (Å²) in [7, 11) is 4.20. The van der Waals surface area contributed by atoms with E-state index in [-0.39, 0.29) is 0 Å². The molecule has 1 saturated heterocycles. The predicted octanol–water partition coefficient (Wildman–Crippen LogP) is 4.05. The zero-order valence-electron chi connectivity index (χ0n) is 17.3. The third-order valence-corrected chi connectivity index (χ3v) is 5.32. The molecule has 1 aromatic heterocycles. The van der Waals surface area contributed by atoms with Crippen molar-refractivity contribution in [3.05, 3.63) is 66.4 Å². The Hall–Kier alpha value is -3.12. The van der Waals surface area contributed by atoms with Gasteiger partial charge >= 0.3 is 0 Å². The quantitative estimate of drug-likeness (QED) is 0.712. The molecule has 6 heteroatoms. The molecule has 0 bridgehead atoms. The molecule has 150 valence electrons. The standard InChI is InChI=1S/C23H28N6/c1-18-17-22(28(3)20-7-5-4-6-8-20)26-23(24-18)25-19-9-11-21(12-10-19)29-15-13-27(2)14-16-29/h4-12,17H,13-16H2,1-3H3,(H,24,25,26). The fourth-order valence-electron chi connectivity index (χ4n) is 3.51. The van der Waals surface area contributed by atoms with Gasteiger partial charge in [0.15, 0.2) is 0 Å². The lowest BCUT2D eigenvalue weighted by molar-refractivity contribution is 0.313. The largest absolute Gasteiger partial charge is 0.369 e. The van der Waals surface area contributed by atoms with Gasteiger partial charge in [-0.3, -0.25) is 0 Å². The van der Waals surface area contributed by atoms with Crippen LogP contribution in [-0.4, -0.2) is 55.1 Å². The highest BCUT2D eigenvalue weighted by atomic mass is 15.2. The average molecular weight is 389 g/mol. The molecule has 0 spiro atoms. The Kier molecular flexibility index (Phi) is 5.62. The normalized spacial score (nSPS) is 14.7. The number of hydrogen-bond acceptors (Lipinski definition) is 6. The van der Waals surface area contributed by atoms with Crippen LogP contribution in [0.2, 0.25) is 0 Å². The van der Waals surface area contributed by atoms with Gasteiger partial charge in [0.25, 0.3) is 0 Å². The van der Waals surface area contributed by atoms with E-state index in [2.05, 4.69) is 68.4 Å². The van der Waals surface area contributed by atoms with E-state index in [0.29, 0.717) is 5.95 Å². The summed E-state index contributed by atoms with van der Waals surface area (Å²) in [6, 6.07) is 20.7. The van der Waals surface area contributed by atoms with Crippen LogP contribution in [0.5, 0.6) is 0 Å². The molecule has 2 heterocycles. The van der Waals surface area contributed by atoms with Crippen molar-refractivity contribution in [2.24, 2.45) is 0 Å². The van der Waals surface area contributed by atoms with Gasteiger partial charge in [-0.25, -0.2) is 4.98 Å². The summed E-state index contributed by atoms with van der Waals surface area (Å²) >= 11 is 0. The van der Waals surface area contributed by atoms with Gasteiger partial charge in [-0.1, -0.05) is 18.2 Å². The molecule has 29 heavy (non-hydrogen) atoms. The molecule has 0 radical (unpaired) electrons. The number of aromatic nitrogens is 2. The van der Waals surface area contributed by atoms with Crippen LogP contribution < -0.4 is 15.1 Å². The van der Waals surface area contributed by atoms with Gasteiger partial charge in [0.2, 0.25) is 5.95 Å². The summed E-state index contributed by atoms with van der Waals surface area (Å²) in [5, 5.41) is 3.35. The van der Waals surface area contributed by atoms with Crippen LogP contribution in [0.3, 0.4) is 0 Å².